The molecule has 1 unspecified atom stereocenters. The third-order valence-corrected chi connectivity index (χ3v) is 7.33. The molecule has 4 nitrogen and oxygen atoms in total. The maximum absolute atomic E-state index is 13.2. The summed E-state index contributed by atoms with van der Waals surface area (Å²) in [6.45, 7) is 3.66. The number of hydrogen-bond donors (Lipinski definition) is 0. The van der Waals surface area contributed by atoms with Crippen LogP contribution in [0.4, 0.5) is 13.2 Å². The van der Waals surface area contributed by atoms with Gasteiger partial charge in [-0.15, -0.1) is 0 Å². The summed E-state index contributed by atoms with van der Waals surface area (Å²) in [5.41, 5.74) is 2.07. The van der Waals surface area contributed by atoms with Crippen LogP contribution in [0.5, 0.6) is 5.75 Å². The van der Waals surface area contributed by atoms with Gasteiger partial charge < -0.3 is 9.47 Å². The van der Waals surface area contributed by atoms with Crippen LogP contribution >= 0.6 is 0 Å². The van der Waals surface area contributed by atoms with Crippen molar-refractivity contribution in [3.8, 4) is 5.75 Å². The number of likely N-dealkylation sites (tertiary alicyclic amines) is 1. The molecular formula is C28H34F3NO3. The Morgan fingerprint density at radius 3 is 2.63 bits per heavy atom. The Balaban J connectivity index is 1.43. The first-order valence-corrected chi connectivity index (χ1v) is 12.4. The van der Waals surface area contributed by atoms with E-state index in [2.05, 4.69) is 4.90 Å². The summed E-state index contributed by atoms with van der Waals surface area (Å²) in [5, 5.41) is 0. The molecule has 1 aliphatic heterocycles. The van der Waals surface area contributed by atoms with E-state index in [1.807, 2.05) is 31.2 Å². The normalized spacial score (nSPS) is 19.9. The van der Waals surface area contributed by atoms with Crippen LogP contribution in [0.15, 0.2) is 42.5 Å². The first kappa shape index (κ1) is 25.5. The molecule has 0 N–H and O–H groups in total. The standard InChI is InChI=1S/C28H34F3NO3/c1-19-9-12-23(28(29,30)31)14-22(19)17-32-13-4-3-7-24(32)18-35-25-8-5-6-21(15-25)26(20-10-11-20)16-27(33)34-2/h5-6,8-9,12,14-15,20,24,26H,3-4,7,10-11,13,16-18H2,1-2H3/t24?,26-/m0/s1. The average Bonchev–Trinajstić information content (AvgIpc) is 3.68. The van der Waals surface area contributed by atoms with E-state index >= 15 is 0 Å². The number of halogens is 3. The van der Waals surface area contributed by atoms with Gasteiger partial charge in [0.25, 0.3) is 0 Å². The Labute approximate surface area is 205 Å². The van der Waals surface area contributed by atoms with Crippen LogP contribution in [0.2, 0.25) is 0 Å². The maximum Gasteiger partial charge on any atom is 0.416 e. The molecule has 1 saturated heterocycles. The molecule has 0 spiro atoms. The molecule has 2 aliphatic rings. The van der Waals surface area contributed by atoms with Gasteiger partial charge in [-0.05, 0) is 91.9 Å². The molecule has 190 valence electrons. The molecule has 35 heavy (non-hydrogen) atoms. The molecule has 1 aliphatic carbocycles. The van der Waals surface area contributed by atoms with E-state index in [4.69, 9.17) is 9.47 Å². The lowest BCUT2D eigenvalue weighted by Gasteiger charge is -2.36. The highest BCUT2D eigenvalue weighted by molar-refractivity contribution is 5.70. The van der Waals surface area contributed by atoms with E-state index in [1.165, 1.54) is 13.2 Å². The van der Waals surface area contributed by atoms with E-state index in [9.17, 15) is 18.0 Å². The van der Waals surface area contributed by atoms with Gasteiger partial charge in [0.15, 0.2) is 0 Å². The van der Waals surface area contributed by atoms with E-state index in [0.717, 1.165) is 61.6 Å². The highest BCUT2D eigenvalue weighted by Crippen LogP contribution is 2.45. The van der Waals surface area contributed by atoms with Crippen molar-refractivity contribution in [3.63, 3.8) is 0 Å². The van der Waals surface area contributed by atoms with Gasteiger partial charge in [-0.25, -0.2) is 0 Å². The van der Waals surface area contributed by atoms with E-state index < -0.39 is 11.7 Å². The number of alkyl halides is 3. The van der Waals surface area contributed by atoms with Gasteiger partial charge in [0, 0.05) is 12.6 Å². The van der Waals surface area contributed by atoms with Gasteiger partial charge in [-0.3, -0.25) is 9.69 Å². The van der Waals surface area contributed by atoms with Crippen LogP contribution in [0.1, 0.15) is 66.7 Å². The Bertz CT molecular complexity index is 1020. The number of piperidine rings is 1. The number of carbonyl (C=O) groups is 1. The second-order valence-electron chi connectivity index (χ2n) is 9.87. The van der Waals surface area contributed by atoms with Crippen LogP contribution < -0.4 is 4.74 Å². The number of hydrogen-bond acceptors (Lipinski definition) is 4. The number of benzene rings is 2. The molecule has 0 amide bonds. The van der Waals surface area contributed by atoms with Crippen molar-refractivity contribution in [2.24, 2.45) is 5.92 Å². The first-order chi connectivity index (χ1) is 16.7. The molecule has 0 radical (unpaired) electrons. The molecule has 2 fully saturated rings. The minimum absolute atomic E-state index is 0.135. The zero-order valence-electron chi connectivity index (χ0n) is 20.4. The summed E-state index contributed by atoms with van der Waals surface area (Å²) in [7, 11) is 1.42. The fraction of sp³-hybridized carbons (Fsp3) is 0.536. The Kier molecular flexibility index (Phi) is 8.05. The summed E-state index contributed by atoms with van der Waals surface area (Å²) < 4.78 is 50.8. The van der Waals surface area contributed by atoms with Crippen molar-refractivity contribution in [2.75, 3.05) is 20.3 Å². The van der Waals surface area contributed by atoms with E-state index in [0.29, 0.717) is 31.1 Å². The summed E-state index contributed by atoms with van der Waals surface area (Å²) >= 11 is 0. The van der Waals surface area contributed by atoms with Gasteiger partial charge in [-0.2, -0.15) is 13.2 Å². The number of esters is 1. The number of rotatable bonds is 9. The summed E-state index contributed by atoms with van der Waals surface area (Å²) in [6.07, 6.45) is 1.33. The predicted molar refractivity (Wildman–Crippen MR) is 128 cm³/mol. The number of ether oxygens (including phenoxy) is 2. The second-order valence-corrected chi connectivity index (χ2v) is 9.87. The molecule has 0 bridgehead atoms. The topological polar surface area (TPSA) is 38.8 Å². The third kappa shape index (κ3) is 6.78. The fourth-order valence-electron chi connectivity index (χ4n) is 5.04. The Hall–Kier alpha value is -2.54. The smallest absolute Gasteiger partial charge is 0.416 e. The van der Waals surface area contributed by atoms with Crippen LogP contribution in [-0.2, 0) is 22.3 Å². The summed E-state index contributed by atoms with van der Waals surface area (Å²) in [6, 6.07) is 12.1. The molecule has 7 heteroatoms. The Morgan fingerprint density at radius 2 is 1.91 bits per heavy atom. The average molecular weight is 490 g/mol. The number of carbonyl (C=O) groups excluding carboxylic acids is 1. The molecule has 1 saturated carbocycles. The number of nitrogens with zero attached hydrogens (tertiary/aromatic N) is 1. The Morgan fingerprint density at radius 1 is 1.11 bits per heavy atom. The quantitative estimate of drug-likeness (QED) is 0.377. The maximum atomic E-state index is 13.2. The van der Waals surface area contributed by atoms with Gasteiger partial charge in [-0.1, -0.05) is 24.6 Å². The molecule has 2 aromatic rings. The molecule has 2 aromatic carbocycles. The lowest BCUT2D eigenvalue weighted by Crippen LogP contribution is -2.42. The molecule has 2 atom stereocenters. The van der Waals surface area contributed by atoms with Crippen molar-refractivity contribution >= 4 is 5.97 Å². The van der Waals surface area contributed by atoms with Crippen LogP contribution in [0, 0.1) is 12.8 Å². The van der Waals surface area contributed by atoms with Crippen LogP contribution in [0.3, 0.4) is 0 Å². The van der Waals surface area contributed by atoms with E-state index in [1.54, 1.807) is 6.07 Å². The van der Waals surface area contributed by atoms with Crippen molar-refractivity contribution in [1.82, 2.24) is 4.90 Å². The lowest BCUT2D eigenvalue weighted by atomic mass is 9.91. The van der Waals surface area contributed by atoms with Gasteiger partial charge >= 0.3 is 12.1 Å². The second kappa shape index (κ2) is 11.0. The third-order valence-electron chi connectivity index (χ3n) is 7.33. The zero-order valence-corrected chi connectivity index (χ0v) is 20.4. The largest absolute Gasteiger partial charge is 0.492 e. The zero-order chi connectivity index (χ0) is 25.0. The lowest BCUT2D eigenvalue weighted by molar-refractivity contribution is -0.141. The number of aryl methyl sites for hydroxylation is 1. The predicted octanol–water partition coefficient (Wildman–Crippen LogP) is 6.50. The molecule has 4 rings (SSSR count). The SMILES string of the molecule is COC(=O)C[C@H](c1cccc(OCC2CCCCN2Cc2cc(C(F)(F)F)ccc2C)c1)C1CC1. The van der Waals surface area contributed by atoms with E-state index in [-0.39, 0.29) is 17.9 Å². The van der Waals surface area contributed by atoms with Crippen LogP contribution in [0.25, 0.3) is 0 Å². The van der Waals surface area contributed by atoms with Gasteiger partial charge in [0.2, 0.25) is 0 Å². The van der Waals surface area contributed by atoms with Crippen molar-refractivity contribution in [2.45, 2.75) is 70.1 Å². The molecular weight excluding hydrogens is 455 g/mol. The number of methoxy groups -OCH3 is 1. The van der Waals surface area contributed by atoms with Crippen molar-refractivity contribution in [1.29, 1.82) is 0 Å². The molecule has 1 heterocycles. The molecule has 0 aromatic heterocycles. The minimum Gasteiger partial charge on any atom is -0.492 e. The highest BCUT2D eigenvalue weighted by atomic mass is 19.4. The fourth-order valence-corrected chi connectivity index (χ4v) is 5.04. The first-order valence-electron chi connectivity index (χ1n) is 12.4. The van der Waals surface area contributed by atoms with Gasteiger partial charge in [0.1, 0.15) is 12.4 Å². The van der Waals surface area contributed by atoms with Crippen LogP contribution in [-0.4, -0.2) is 37.2 Å². The highest BCUT2D eigenvalue weighted by Gasteiger charge is 2.34. The monoisotopic (exact) mass is 489 g/mol. The van der Waals surface area contributed by atoms with Gasteiger partial charge in [0.05, 0.1) is 19.1 Å². The summed E-state index contributed by atoms with van der Waals surface area (Å²) in [5.74, 6) is 1.21. The van der Waals surface area contributed by atoms with Crippen molar-refractivity contribution < 1.29 is 27.4 Å². The summed E-state index contributed by atoms with van der Waals surface area (Å²) in [4.78, 5) is 14.2. The minimum atomic E-state index is -4.34. The van der Waals surface area contributed by atoms with Crippen molar-refractivity contribution in [3.05, 3.63) is 64.7 Å².